The van der Waals surface area contributed by atoms with Crippen molar-refractivity contribution in [2.75, 3.05) is 0 Å². The Morgan fingerprint density at radius 3 is 1.44 bits per heavy atom. The quantitative estimate of drug-likeness (QED) is 0.177. The van der Waals surface area contributed by atoms with Crippen molar-refractivity contribution in [2.24, 2.45) is 0 Å². The second kappa shape index (κ2) is 14.7. The van der Waals surface area contributed by atoms with Gasteiger partial charge in [-0.3, -0.25) is 0 Å². The first-order valence-corrected chi connectivity index (χ1v) is 22.9. The van der Waals surface area contributed by atoms with Crippen LogP contribution in [-0.4, -0.2) is 14.5 Å². The molecule has 3 heterocycles. The molecule has 0 unspecified atom stereocenters. The maximum Gasteiger partial charge on any atom is 0.160 e. The Morgan fingerprint density at radius 1 is 0.422 bits per heavy atom. The lowest BCUT2D eigenvalue weighted by Gasteiger charge is -2.30. The Labute approximate surface area is 379 Å². The van der Waals surface area contributed by atoms with Crippen molar-refractivity contribution in [3.05, 3.63) is 186 Å². The Kier molecular flexibility index (Phi) is 9.54. The van der Waals surface area contributed by atoms with Crippen LogP contribution in [0.25, 0.3) is 83.6 Å². The molecule has 0 saturated carbocycles. The molecule has 0 fully saturated rings. The van der Waals surface area contributed by atoms with Gasteiger partial charge in [-0.1, -0.05) is 204 Å². The minimum absolute atomic E-state index is 0.0515. The van der Waals surface area contributed by atoms with Crippen molar-refractivity contribution in [3.8, 4) is 61.8 Å². The first-order valence-electron chi connectivity index (χ1n) is 22.9. The molecule has 0 radical (unpaired) electrons. The molecule has 2 aromatic heterocycles. The highest BCUT2D eigenvalue weighted by Gasteiger charge is 2.36. The van der Waals surface area contributed by atoms with Crippen LogP contribution < -0.4 is 0 Å². The molecule has 0 amide bonds. The fourth-order valence-electron chi connectivity index (χ4n) is 9.79. The van der Waals surface area contributed by atoms with Gasteiger partial charge in [-0.15, -0.1) is 0 Å². The molecule has 7 aromatic carbocycles. The van der Waals surface area contributed by atoms with Gasteiger partial charge >= 0.3 is 0 Å². The summed E-state index contributed by atoms with van der Waals surface area (Å²) in [6, 6.07) is 58.2. The van der Waals surface area contributed by atoms with Gasteiger partial charge in [0.15, 0.2) is 5.82 Å². The molecule has 10 rings (SSSR count). The number of hydrogen-bond donors (Lipinski definition) is 0. The first-order chi connectivity index (χ1) is 30.4. The van der Waals surface area contributed by atoms with Crippen LogP contribution in [-0.2, 0) is 21.7 Å². The second-order valence-corrected chi connectivity index (χ2v) is 21.6. The summed E-state index contributed by atoms with van der Waals surface area (Å²) in [6.07, 6.45) is 0. The summed E-state index contributed by atoms with van der Waals surface area (Å²) >= 11 is 0. The summed E-state index contributed by atoms with van der Waals surface area (Å²) in [6.45, 7) is 26.1. The van der Waals surface area contributed by atoms with Crippen molar-refractivity contribution < 1.29 is 0 Å². The molecular weight excluding hydrogens is 775 g/mol. The summed E-state index contributed by atoms with van der Waals surface area (Å²) in [7, 11) is 0. The molecule has 0 saturated heterocycles. The molecule has 2 bridgehead atoms. The van der Waals surface area contributed by atoms with Crippen molar-refractivity contribution in [1.82, 2.24) is 14.5 Å². The van der Waals surface area contributed by atoms with Gasteiger partial charge in [-0.2, -0.15) is 0 Å². The molecule has 0 atom stereocenters. The number of benzene rings is 7. The molecule has 0 spiro atoms. The van der Waals surface area contributed by atoms with Gasteiger partial charge in [-0.05, 0) is 85.5 Å². The summed E-state index contributed by atoms with van der Waals surface area (Å²) in [5.41, 5.74) is 19.2. The van der Waals surface area contributed by atoms with E-state index in [-0.39, 0.29) is 21.7 Å². The van der Waals surface area contributed by atoms with E-state index in [1.54, 1.807) is 0 Å². The molecule has 0 aliphatic carbocycles. The van der Waals surface area contributed by atoms with E-state index >= 15 is 0 Å². The maximum absolute atomic E-state index is 5.41. The van der Waals surface area contributed by atoms with Gasteiger partial charge in [0.1, 0.15) is 0 Å². The lowest BCUT2D eigenvalue weighted by atomic mass is 9.74. The summed E-state index contributed by atoms with van der Waals surface area (Å²) in [5.74, 6) is 0.694. The van der Waals surface area contributed by atoms with Crippen LogP contribution in [0.2, 0.25) is 0 Å². The van der Waals surface area contributed by atoms with Crippen LogP contribution in [0.3, 0.4) is 0 Å². The highest BCUT2D eigenvalue weighted by molar-refractivity contribution is 6.14. The zero-order valence-electron chi connectivity index (χ0n) is 39.4. The highest BCUT2D eigenvalue weighted by atomic mass is 15.0. The third-order valence-corrected chi connectivity index (χ3v) is 13.6. The van der Waals surface area contributed by atoms with Crippen LogP contribution in [0.1, 0.15) is 104 Å². The van der Waals surface area contributed by atoms with Gasteiger partial charge in [0.25, 0.3) is 0 Å². The van der Waals surface area contributed by atoms with E-state index in [4.69, 9.17) is 9.97 Å². The predicted molar refractivity (Wildman–Crippen MR) is 272 cm³/mol. The van der Waals surface area contributed by atoms with Crippen LogP contribution in [0.4, 0.5) is 0 Å². The first kappa shape index (κ1) is 41.4. The number of nitrogens with zero attached hydrogens (tertiary/aromatic N) is 3. The normalized spacial score (nSPS) is 13.7. The lowest BCUT2D eigenvalue weighted by molar-refractivity contribution is 0.572. The van der Waals surface area contributed by atoms with Crippen molar-refractivity contribution >= 4 is 21.8 Å². The van der Waals surface area contributed by atoms with E-state index in [0.29, 0.717) is 5.82 Å². The van der Waals surface area contributed by atoms with Crippen LogP contribution in [0.5, 0.6) is 0 Å². The average Bonchev–Trinajstić information content (AvgIpc) is 3.62. The molecule has 1 aliphatic rings. The summed E-state index contributed by atoms with van der Waals surface area (Å²) in [4.78, 5) is 10.8. The van der Waals surface area contributed by atoms with Gasteiger partial charge < -0.3 is 4.57 Å². The smallest absolute Gasteiger partial charge is 0.160 e. The van der Waals surface area contributed by atoms with E-state index in [1.807, 2.05) is 0 Å². The molecule has 318 valence electrons. The molecular formula is C61H59N3. The van der Waals surface area contributed by atoms with Gasteiger partial charge in [-0.25, -0.2) is 9.97 Å². The fraction of sp³-hybridized carbons (Fsp3) is 0.246. The predicted octanol–water partition coefficient (Wildman–Crippen LogP) is 16.4. The summed E-state index contributed by atoms with van der Waals surface area (Å²) < 4.78 is 2.69. The van der Waals surface area contributed by atoms with Crippen molar-refractivity contribution in [1.29, 1.82) is 0 Å². The van der Waals surface area contributed by atoms with E-state index < -0.39 is 0 Å². The van der Waals surface area contributed by atoms with Gasteiger partial charge in [0, 0.05) is 44.0 Å². The zero-order chi connectivity index (χ0) is 44.9. The number of rotatable bonds is 4. The molecule has 0 N–H and O–H groups in total. The Hall–Kier alpha value is -6.58. The fourth-order valence-corrected chi connectivity index (χ4v) is 9.79. The number of aromatic nitrogens is 3. The lowest BCUT2D eigenvalue weighted by Crippen LogP contribution is -2.22. The second-order valence-electron chi connectivity index (χ2n) is 21.6. The van der Waals surface area contributed by atoms with Crippen molar-refractivity contribution in [3.63, 3.8) is 0 Å². The van der Waals surface area contributed by atoms with E-state index in [2.05, 4.69) is 238 Å². The SMILES string of the molecule is CC(C)(C)c1cc(C(C)(C)C)c2c(c1)c1cc(C(C)(C)C)cc3c1n2-c1c(-c2ccccc2)cc(-c2nc(-c4ccccc4)cc(-c4ccccc4)n2)cc1-c1cccc(c1)C3(C)C. The zero-order valence-corrected chi connectivity index (χ0v) is 39.4. The standard InChI is InChI=1S/C61H59N3/c1-58(2,3)44-33-48-49-34-45(59(4,5)6)36-51-56(49)64(55(48)50(35-44)60(7,8)9)54-46(38-22-15-12-16-23-38)31-42(32-47(54)41-28-21-29-43(30-41)61(51,10)11)57-62-52(39-24-17-13-18-25-39)37-53(63-57)40-26-19-14-20-27-40/h12-37H,1-11H3. The minimum atomic E-state index is -0.341. The minimum Gasteiger partial charge on any atom is -0.307 e. The Balaban J connectivity index is 1.44. The molecule has 3 heteroatoms. The monoisotopic (exact) mass is 833 g/mol. The van der Waals surface area contributed by atoms with Crippen molar-refractivity contribution in [2.45, 2.75) is 97.8 Å². The van der Waals surface area contributed by atoms with E-state index in [1.165, 1.54) is 60.9 Å². The maximum atomic E-state index is 5.41. The average molecular weight is 834 g/mol. The highest BCUT2D eigenvalue weighted by Crippen LogP contribution is 2.52. The van der Waals surface area contributed by atoms with Crippen LogP contribution >= 0.6 is 0 Å². The van der Waals surface area contributed by atoms with Crippen LogP contribution in [0.15, 0.2) is 158 Å². The molecule has 64 heavy (non-hydrogen) atoms. The van der Waals surface area contributed by atoms with Gasteiger partial charge in [0.2, 0.25) is 0 Å². The number of hydrogen-bond acceptors (Lipinski definition) is 2. The third kappa shape index (κ3) is 6.97. The molecule has 1 aliphatic heterocycles. The topological polar surface area (TPSA) is 30.7 Å². The largest absolute Gasteiger partial charge is 0.307 e. The van der Waals surface area contributed by atoms with Gasteiger partial charge in [0.05, 0.1) is 28.1 Å². The Bertz CT molecular complexity index is 3200. The Morgan fingerprint density at radius 2 is 0.906 bits per heavy atom. The number of fused-ring (bicyclic) bond motifs is 8. The summed E-state index contributed by atoms with van der Waals surface area (Å²) in [5, 5.41) is 2.61. The molecule has 3 nitrogen and oxygen atoms in total. The molecule has 9 aromatic rings. The van der Waals surface area contributed by atoms with Crippen LogP contribution in [0, 0.1) is 0 Å². The third-order valence-electron chi connectivity index (χ3n) is 13.6. The van der Waals surface area contributed by atoms with E-state index in [9.17, 15) is 0 Å². The van der Waals surface area contributed by atoms with E-state index in [0.717, 1.165) is 44.8 Å².